The first-order valence-corrected chi connectivity index (χ1v) is 5.98. The van der Waals surface area contributed by atoms with Crippen molar-refractivity contribution < 1.29 is 9.52 Å². The largest absolute Gasteiger partial charge is 0.463 e. The molecule has 16 heavy (non-hydrogen) atoms. The van der Waals surface area contributed by atoms with Crippen molar-refractivity contribution in [2.75, 3.05) is 6.54 Å². The number of furan rings is 1. The van der Waals surface area contributed by atoms with Gasteiger partial charge in [0.1, 0.15) is 17.1 Å². The third-order valence-corrected chi connectivity index (χ3v) is 2.79. The summed E-state index contributed by atoms with van der Waals surface area (Å²) in [6.45, 7) is 8.46. The standard InChI is InChI=1S/C13H23NO2/c1-5-6-10(2)14-9-13(4,15)12-8-7-11(3)16-12/h7-8,10,14-15H,5-6,9H2,1-4H3. The lowest BCUT2D eigenvalue weighted by molar-refractivity contribution is 0.0310. The summed E-state index contributed by atoms with van der Waals surface area (Å²) in [5, 5.41) is 13.6. The minimum Gasteiger partial charge on any atom is -0.463 e. The average Bonchev–Trinajstić information content (AvgIpc) is 2.63. The fourth-order valence-electron chi connectivity index (χ4n) is 1.72. The third-order valence-electron chi connectivity index (χ3n) is 2.79. The van der Waals surface area contributed by atoms with E-state index in [4.69, 9.17) is 4.42 Å². The molecule has 1 rings (SSSR count). The summed E-state index contributed by atoms with van der Waals surface area (Å²) in [4.78, 5) is 0. The maximum atomic E-state index is 10.3. The normalized spacial score (nSPS) is 17.1. The Morgan fingerprint density at radius 3 is 2.69 bits per heavy atom. The van der Waals surface area contributed by atoms with Gasteiger partial charge in [-0.3, -0.25) is 0 Å². The number of rotatable bonds is 6. The molecule has 0 aliphatic carbocycles. The Bertz CT molecular complexity index is 317. The summed E-state index contributed by atoms with van der Waals surface area (Å²) < 4.78 is 5.45. The van der Waals surface area contributed by atoms with Gasteiger partial charge in [0, 0.05) is 12.6 Å². The lowest BCUT2D eigenvalue weighted by atomic mass is 10.0. The van der Waals surface area contributed by atoms with Crippen LogP contribution in [0.5, 0.6) is 0 Å². The highest BCUT2D eigenvalue weighted by Crippen LogP contribution is 2.22. The smallest absolute Gasteiger partial charge is 0.136 e. The van der Waals surface area contributed by atoms with Crippen molar-refractivity contribution in [2.24, 2.45) is 0 Å². The second kappa shape index (κ2) is 5.51. The minimum absolute atomic E-state index is 0.424. The summed E-state index contributed by atoms with van der Waals surface area (Å²) in [6.07, 6.45) is 2.27. The summed E-state index contributed by atoms with van der Waals surface area (Å²) in [5.41, 5.74) is -0.934. The van der Waals surface area contributed by atoms with E-state index >= 15 is 0 Å². The van der Waals surface area contributed by atoms with E-state index < -0.39 is 5.60 Å². The van der Waals surface area contributed by atoms with E-state index in [1.54, 1.807) is 6.92 Å². The molecule has 1 heterocycles. The van der Waals surface area contributed by atoms with Gasteiger partial charge in [0.15, 0.2) is 0 Å². The highest BCUT2D eigenvalue weighted by atomic mass is 16.4. The summed E-state index contributed by atoms with van der Waals surface area (Å²) in [5.74, 6) is 1.46. The first-order chi connectivity index (χ1) is 7.45. The van der Waals surface area contributed by atoms with Gasteiger partial charge in [0.2, 0.25) is 0 Å². The maximum Gasteiger partial charge on any atom is 0.136 e. The van der Waals surface area contributed by atoms with Gasteiger partial charge in [-0.15, -0.1) is 0 Å². The van der Waals surface area contributed by atoms with E-state index in [9.17, 15) is 5.11 Å². The Labute approximate surface area is 97.9 Å². The van der Waals surface area contributed by atoms with Gasteiger partial charge in [-0.2, -0.15) is 0 Å². The van der Waals surface area contributed by atoms with Gasteiger partial charge in [0.25, 0.3) is 0 Å². The predicted octanol–water partition coefficient (Wildman–Crippen LogP) is 2.57. The van der Waals surface area contributed by atoms with Gasteiger partial charge in [-0.25, -0.2) is 0 Å². The van der Waals surface area contributed by atoms with E-state index in [1.807, 2.05) is 19.1 Å². The molecular weight excluding hydrogens is 202 g/mol. The van der Waals surface area contributed by atoms with Crippen molar-refractivity contribution in [1.82, 2.24) is 5.32 Å². The molecule has 0 amide bonds. The lowest BCUT2D eigenvalue weighted by Crippen LogP contribution is -2.39. The highest BCUT2D eigenvalue weighted by Gasteiger charge is 2.26. The van der Waals surface area contributed by atoms with E-state index in [-0.39, 0.29) is 0 Å². The quantitative estimate of drug-likeness (QED) is 0.782. The van der Waals surface area contributed by atoms with Crippen LogP contribution in [0.4, 0.5) is 0 Å². The molecule has 3 nitrogen and oxygen atoms in total. The highest BCUT2D eigenvalue weighted by molar-refractivity contribution is 5.12. The van der Waals surface area contributed by atoms with E-state index in [2.05, 4.69) is 19.2 Å². The molecule has 2 N–H and O–H groups in total. The summed E-state index contributed by atoms with van der Waals surface area (Å²) >= 11 is 0. The van der Waals surface area contributed by atoms with Crippen molar-refractivity contribution in [3.05, 3.63) is 23.7 Å². The molecule has 0 aliphatic rings. The molecular formula is C13H23NO2. The Kier molecular flexibility index (Phi) is 4.56. The number of hydrogen-bond donors (Lipinski definition) is 2. The van der Waals surface area contributed by atoms with Crippen LogP contribution in [-0.2, 0) is 5.60 Å². The van der Waals surface area contributed by atoms with Crippen LogP contribution in [0.2, 0.25) is 0 Å². The molecule has 0 spiro atoms. The molecule has 0 aromatic carbocycles. The first-order valence-electron chi connectivity index (χ1n) is 5.98. The fraction of sp³-hybridized carbons (Fsp3) is 0.692. The monoisotopic (exact) mass is 225 g/mol. The number of aryl methyl sites for hydroxylation is 1. The summed E-state index contributed by atoms with van der Waals surface area (Å²) in [7, 11) is 0. The molecule has 1 aromatic rings. The molecule has 0 saturated heterocycles. The number of aliphatic hydroxyl groups is 1. The van der Waals surface area contributed by atoms with Crippen molar-refractivity contribution >= 4 is 0 Å². The van der Waals surface area contributed by atoms with Crippen LogP contribution in [0.15, 0.2) is 16.5 Å². The van der Waals surface area contributed by atoms with Gasteiger partial charge in [-0.05, 0) is 39.3 Å². The van der Waals surface area contributed by atoms with Crippen molar-refractivity contribution in [1.29, 1.82) is 0 Å². The zero-order valence-corrected chi connectivity index (χ0v) is 10.7. The van der Waals surface area contributed by atoms with Crippen molar-refractivity contribution in [2.45, 2.75) is 52.2 Å². The van der Waals surface area contributed by atoms with Crippen molar-refractivity contribution in [3.63, 3.8) is 0 Å². The Balaban J connectivity index is 2.51. The zero-order valence-electron chi connectivity index (χ0n) is 10.7. The lowest BCUT2D eigenvalue weighted by Gasteiger charge is -2.24. The van der Waals surface area contributed by atoms with Crippen molar-refractivity contribution in [3.8, 4) is 0 Å². The van der Waals surface area contributed by atoms with Crippen LogP contribution < -0.4 is 5.32 Å². The number of hydrogen-bond acceptors (Lipinski definition) is 3. The fourth-order valence-corrected chi connectivity index (χ4v) is 1.72. The molecule has 0 bridgehead atoms. The molecule has 0 saturated carbocycles. The maximum absolute atomic E-state index is 10.3. The predicted molar refractivity (Wildman–Crippen MR) is 65.4 cm³/mol. The second-order valence-corrected chi connectivity index (χ2v) is 4.75. The number of nitrogens with one attached hydrogen (secondary N) is 1. The topological polar surface area (TPSA) is 45.4 Å². The van der Waals surface area contributed by atoms with Gasteiger partial charge < -0.3 is 14.8 Å². The SMILES string of the molecule is CCCC(C)NCC(C)(O)c1ccc(C)o1. The molecule has 2 atom stereocenters. The van der Waals surface area contributed by atoms with Crippen LogP contribution in [0.3, 0.4) is 0 Å². The van der Waals surface area contributed by atoms with Crippen LogP contribution in [0, 0.1) is 6.92 Å². The van der Waals surface area contributed by atoms with Crippen LogP contribution in [0.25, 0.3) is 0 Å². The molecule has 0 fully saturated rings. The molecule has 92 valence electrons. The van der Waals surface area contributed by atoms with E-state index in [0.29, 0.717) is 18.3 Å². The van der Waals surface area contributed by atoms with E-state index in [1.165, 1.54) is 0 Å². The molecule has 0 radical (unpaired) electrons. The Morgan fingerprint density at radius 1 is 1.50 bits per heavy atom. The van der Waals surface area contributed by atoms with Crippen LogP contribution in [0.1, 0.15) is 45.1 Å². The Morgan fingerprint density at radius 2 is 2.19 bits per heavy atom. The second-order valence-electron chi connectivity index (χ2n) is 4.75. The average molecular weight is 225 g/mol. The first kappa shape index (κ1) is 13.3. The molecule has 1 aromatic heterocycles. The van der Waals surface area contributed by atoms with Crippen LogP contribution >= 0.6 is 0 Å². The molecule has 2 unspecified atom stereocenters. The van der Waals surface area contributed by atoms with Crippen LogP contribution in [-0.4, -0.2) is 17.7 Å². The molecule has 0 aliphatic heterocycles. The Hall–Kier alpha value is -0.800. The van der Waals surface area contributed by atoms with Gasteiger partial charge in [0.05, 0.1) is 0 Å². The minimum atomic E-state index is -0.934. The van der Waals surface area contributed by atoms with E-state index in [0.717, 1.165) is 18.6 Å². The zero-order chi connectivity index (χ0) is 12.2. The van der Waals surface area contributed by atoms with Gasteiger partial charge in [-0.1, -0.05) is 13.3 Å². The van der Waals surface area contributed by atoms with Gasteiger partial charge >= 0.3 is 0 Å². The molecule has 3 heteroatoms. The summed E-state index contributed by atoms with van der Waals surface area (Å²) in [6, 6.07) is 4.13. The third kappa shape index (κ3) is 3.65.